The van der Waals surface area contributed by atoms with Crippen LogP contribution < -0.4 is 10.2 Å². The molecule has 0 spiro atoms. The lowest BCUT2D eigenvalue weighted by Crippen LogP contribution is -2.58. The fraction of sp³-hybridized carbons (Fsp3) is 0.345. The van der Waals surface area contributed by atoms with Crippen molar-refractivity contribution in [2.45, 2.75) is 56.3 Å². The summed E-state index contributed by atoms with van der Waals surface area (Å²) in [6, 6.07) is 13.3. The first-order chi connectivity index (χ1) is 19.7. The summed E-state index contributed by atoms with van der Waals surface area (Å²) in [6.45, 7) is -0.0909. The van der Waals surface area contributed by atoms with Gasteiger partial charge in [-0.25, -0.2) is 18.8 Å². The molecule has 12 heteroatoms. The molecule has 5 atom stereocenters. The average molecular weight is 620 g/mol. The van der Waals surface area contributed by atoms with Crippen LogP contribution in [0.3, 0.4) is 0 Å². The zero-order chi connectivity index (χ0) is 29.1. The molecule has 0 radical (unpaired) electrons. The Balaban J connectivity index is 1.57. The van der Waals surface area contributed by atoms with E-state index in [0.29, 0.717) is 38.9 Å². The SMILES string of the molecule is CS(=O)N[C@H]1CCCC[C@@H]1N1C(=O)c2ccccc2[C@@H](C(=O)NOCc2ccc(F)cn2)[C@@H]1c1ccc(Cl)cc1Cl. The summed E-state index contributed by atoms with van der Waals surface area (Å²) < 4.78 is 28.6. The summed E-state index contributed by atoms with van der Waals surface area (Å²) in [5, 5.41) is 0.732. The minimum absolute atomic E-state index is 0.0909. The summed E-state index contributed by atoms with van der Waals surface area (Å²) in [5.41, 5.74) is 4.44. The van der Waals surface area contributed by atoms with E-state index in [1.54, 1.807) is 53.6 Å². The Bertz CT molecular complexity index is 1460. The topological polar surface area (TPSA) is 101 Å². The molecule has 0 bridgehead atoms. The number of benzene rings is 2. The van der Waals surface area contributed by atoms with E-state index >= 15 is 0 Å². The van der Waals surface area contributed by atoms with Gasteiger partial charge in [0.25, 0.3) is 11.8 Å². The molecule has 1 aromatic heterocycles. The summed E-state index contributed by atoms with van der Waals surface area (Å²) >= 11 is 13.0. The number of fused-ring (bicyclic) bond motifs is 1. The number of carbonyl (C=O) groups excluding carboxylic acids is 2. The number of halogens is 3. The van der Waals surface area contributed by atoms with Crippen LogP contribution in [0.25, 0.3) is 0 Å². The van der Waals surface area contributed by atoms with Crippen molar-refractivity contribution < 1.29 is 23.0 Å². The molecule has 1 aliphatic carbocycles. The quantitative estimate of drug-likeness (QED) is 0.336. The molecule has 5 rings (SSSR count). The van der Waals surface area contributed by atoms with Crippen molar-refractivity contribution >= 4 is 46.0 Å². The highest BCUT2D eigenvalue weighted by molar-refractivity contribution is 7.82. The second-order valence-electron chi connectivity index (χ2n) is 10.1. The molecule has 2 aromatic carbocycles. The number of nitrogens with zero attached hydrogens (tertiary/aromatic N) is 2. The lowest BCUT2D eigenvalue weighted by Gasteiger charge is -2.49. The van der Waals surface area contributed by atoms with E-state index in [-0.39, 0.29) is 24.6 Å². The maximum atomic E-state index is 14.3. The Hall–Kier alpha value is -2.89. The molecule has 0 saturated heterocycles. The van der Waals surface area contributed by atoms with Crippen LogP contribution in [0.4, 0.5) is 4.39 Å². The normalized spacial score (nSPS) is 23.1. The highest BCUT2D eigenvalue weighted by Gasteiger charge is 2.49. The van der Waals surface area contributed by atoms with Gasteiger partial charge in [-0.15, -0.1) is 0 Å². The third kappa shape index (κ3) is 6.47. The summed E-state index contributed by atoms with van der Waals surface area (Å²) in [5.74, 6) is -2.12. The molecule has 8 nitrogen and oxygen atoms in total. The van der Waals surface area contributed by atoms with Crippen molar-refractivity contribution in [3.8, 4) is 0 Å². The van der Waals surface area contributed by atoms with Crippen molar-refractivity contribution in [2.75, 3.05) is 6.26 Å². The molecule has 2 amide bonds. The Labute approximate surface area is 250 Å². The first-order valence-electron chi connectivity index (χ1n) is 13.2. The van der Waals surface area contributed by atoms with Gasteiger partial charge in [-0.05, 0) is 54.3 Å². The largest absolute Gasteiger partial charge is 0.326 e. The maximum absolute atomic E-state index is 14.3. The number of aromatic nitrogens is 1. The average Bonchev–Trinajstić information content (AvgIpc) is 2.94. The third-order valence-corrected chi connectivity index (χ3v) is 8.72. The van der Waals surface area contributed by atoms with Crippen molar-refractivity contribution in [1.82, 2.24) is 20.1 Å². The minimum atomic E-state index is -1.31. The molecule has 1 unspecified atom stereocenters. The van der Waals surface area contributed by atoms with Gasteiger partial charge in [-0.1, -0.05) is 60.3 Å². The first-order valence-corrected chi connectivity index (χ1v) is 15.5. The predicted octanol–water partition coefficient (Wildman–Crippen LogP) is 5.25. The Morgan fingerprint density at radius 1 is 1.12 bits per heavy atom. The highest BCUT2D eigenvalue weighted by atomic mass is 35.5. The van der Waals surface area contributed by atoms with E-state index in [1.165, 1.54) is 12.1 Å². The van der Waals surface area contributed by atoms with Gasteiger partial charge in [0.2, 0.25) is 0 Å². The van der Waals surface area contributed by atoms with E-state index < -0.39 is 34.7 Å². The van der Waals surface area contributed by atoms with E-state index in [1.807, 2.05) is 0 Å². The standard InChI is InChI=1S/C29H29Cl2FN4O4S/c1-41(39)35-24-8-4-5-9-25(24)36-27(22-13-10-17(30)14-23(22)31)26(20-6-2-3-7-21(20)29(36)38)28(37)34-40-16-19-12-11-18(32)15-33-19/h2-3,6-7,10-15,24-27,35H,4-5,8-9,16H2,1H3,(H,34,37)/t24-,25-,26+,27-,41?/m0/s1. The molecule has 1 saturated carbocycles. The van der Waals surface area contributed by atoms with Gasteiger partial charge in [0, 0.05) is 33.9 Å². The first kappa shape index (κ1) is 29.6. The molecule has 216 valence electrons. The number of amides is 2. The van der Waals surface area contributed by atoms with Gasteiger partial charge in [0.05, 0.1) is 34.8 Å². The van der Waals surface area contributed by atoms with Crippen LogP contribution in [-0.4, -0.2) is 44.2 Å². The van der Waals surface area contributed by atoms with Crippen molar-refractivity contribution in [2.24, 2.45) is 0 Å². The lowest BCUT2D eigenvalue weighted by molar-refractivity contribution is -0.138. The number of nitrogens with one attached hydrogen (secondary N) is 2. The molecular weight excluding hydrogens is 590 g/mol. The second-order valence-corrected chi connectivity index (χ2v) is 12.1. The van der Waals surface area contributed by atoms with E-state index in [4.69, 9.17) is 28.0 Å². The van der Waals surface area contributed by atoms with Gasteiger partial charge in [0.15, 0.2) is 0 Å². The summed E-state index contributed by atoms with van der Waals surface area (Å²) in [7, 11) is -1.31. The lowest BCUT2D eigenvalue weighted by atomic mass is 9.76. The molecule has 1 fully saturated rings. The molecule has 2 heterocycles. The van der Waals surface area contributed by atoms with Crippen LogP contribution in [0.2, 0.25) is 10.0 Å². The number of rotatable bonds is 8. The van der Waals surface area contributed by atoms with Crippen LogP contribution in [-0.2, 0) is 27.2 Å². The number of hydroxylamine groups is 1. The second kappa shape index (κ2) is 13.0. The van der Waals surface area contributed by atoms with Crippen LogP contribution in [0.5, 0.6) is 0 Å². The summed E-state index contributed by atoms with van der Waals surface area (Å²) in [6.07, 6.45) is 5.81. The maximum Gasteiger partial charge on any atom is 0.255 e. The number of hydrogen-bond donors (Lipinski definition) is 2. The highest BCUT2D eigenvalue weighted by Crippen LogP contribution is 2.47. The number of carbonyl (C=O) groups is 2. The summed E-state index contributed by atoms with van der Waals surface area (Å²) in [4.78, 5) is 39.4. The molecule has 2 aliphatic rings. The van der Waals surface area contributed by atoms with Crippen molar-refractivity contribution in [1.29, 1.82) is 0 Å². The van der Waals surface area contributed by atoms with Gasteiger partial charge < -0.3 is 4.90 Å². The van der Waals surface area contributed by atoms with Gasteiger partial charge in [-0.2, -0.15) is 0 Å². The zero-order valence-corrected chi connectivity index (χ0v) is 24.5. The van der Waals surface area contributed by atoms with E-state index in [0.717, 1.165) is 25.5 Å². The van der Waals surface area contributed by atoms with Crippen LogP contribution >= 0.6 is 23.2 Å². The van der Waals surface area contributed by atoms with Crippen molar-refractivity contribution in [3.63, 3.8) is 0 Å². The van der Waals surface area contributed by atoms with Gasteiger partial charge >= 0.3 is 0 Å². The third-order valence-electron chi connectivity index (χ3n) is 7.53. The fourth-order valence-electron chi connectivity index (χ4n) is 5.80. The number of hydrogen-bond acceptors (Lipinski definition) is 5. The molecule has 1 aliphatic heterocycles. The van der Waals surface area contributed by atoms with Gasteiger partial charge in [0.1, 0.15) is 12.4 Å². The smallest absolute Gasteiger partial charge is 0.255 e. The molecule has 2 N–H and O–H groups in total. The molecule has 41 heavy (non-hydrogen) atoms. The Kier molecular flexibility index (Phi) is 9.35. The number of pyridine rings is 1. The molecular formula is C29H29Cl2FN4O4S. The Morgan fingerprint density at radius 2 is 1.90 bits per heavy atom. The van der Waals surface area contributed by atoms with E-state index in [2.05, 4.69) is 15.2 Å². The van der Waals surface area contributed by atoms with Crippen LogP contribution in [0, 0.1) is 5.82 Å². The van der Waals surface area contributed by atoms with Crippen LogP contribution in [0.15, 0.2) is 60.8 Å². The zero-order valence-electron chi connectivity index (χ0n) is 22.2. The van der Waals surface area contributed by atoms with Crippen LogP contribution in [0.1, 0.15) is 64.8 Å². The fourth-order valence-corrected chi connectivity index (χ4v) is 7.02. The monoisotopic (exact) mass is 618 g/mol. The predicted molar refractivity (Wildman–Crippen MR) is 155 cm³/mol. The van der Waals surface area contributed by atoms with Gasteiger partial charge in [-0.3, -0.25) is 19.4 Å². The Morgan fingerprint density at radius 3 is 2.63 bits per heavy atom. The molecule has 3 aromatic rings. The van der Waals surface area contributed by atoms with Crippen molar-refractivity contribution in [3.05, 3.63) is 99.0 Å². The minimum Gasteiger partial charge on any atom is -0.326 e. The van der Waals surface area contributed by atoms with E-state index in [9.17, 15) is 18.2 Å².